The quantitative estimate of drug-likeness (QED) is 0.804. The van der Waals surface area contributed by atoms with Crippen LogP contribution in [0.1, 0.15) is 64.7 Å². The van der Waals surface area contributed by atoms with Crippen molar-refractivity contribution < 1.29 is 4.79 Å². The lowest BCUT2D eigenvalue weighted by Crippen LogP contribution is -2.43. The Kier molecular flexibility index (Phi) is 5.26. The van der Waals surface area contributed by atoms with E-state index < -0.39 is 0 Å². The van der Waals surface area contributed by atoms with Crippen LogP contribution in [0.15, 0.2) is 0 Å². The molecule has 1 amide bonds. The zero-order valence-electron chi connectivity index (χ0n) is 12.4. The average Bonchev–Trinajstić information content (AvgIpc) is 2.95. The molecule has 2 atom stereocenters. The monoisotopic (exact) mass is 266 g/mol. The molecule has 0 bridgehead atoms. The SMILES string of the molecule is CCC1(C(=O)NCC2CCCCC2CN)CCCC1. The van der Waals surface area contributed by atoms with Gasteiger partial charge in [-0.25, -0.2) is 0 Å². The summed E-state index contributed by atoms with van der Waals surface area (Å²) in [7, 11) is 0. The molecule has 2 aliphatic rings. The van der Waals surface area contributed by atoms with E-state index in [2.05, 4.69) is 12.2 Å². The molecule has 0 aromatic heterocycles. The zero-order chi connectivity index (χ0) is 13.7. The van der Waals surface area contributed by atoms with E-state index in [1.54, 1.807) is 0 Å². The summed E-state index contributed by atoms with van der Waals surface area (Å²) >= 11 is 0. The van der Waals surface area contributed by atoms with Gasteiger partial charge in [0.05, 0.1) is 0 Å². The minimum atomic E-state index is -0.0487. The van der Waals surface area contributed by atoms with Gasteiger partial charge in [-0.1, -0.05) is 32.6 Å². The number of carbonyl (C=O) groups excluding carboxylic acids is 1. The Morgan fingerprint density at radius 3 is 2.37 bits per heavy atom. The third-order valence-electron chi connectivity index (χ3n) is 5.61. The lowest BCUT2D eigenvalue weighted by atomic mass is 9.78. The van der Waals surface area contributed by atoms with Crippen LogP contribution in [0.5, 0.6) is 0 Å². The Labute approximate surface area is 117 Å². The average molecular weight is 266 g/mol. The van der Waals surface area contributed by atoms with Crippen LogP contribution in [0.3, 0.4) is 0 Å². The molecule has 2 fully saturated rings. The number of amides is 1. The van der Waals surface area contributed by atoms with Gasteiger partial charge in [0, 0.05) is 12.0 Å². The van der Waals surface area contributed by atoms with Crippen LogP contribution in [0.4, 0.5) is 0 Å². The maximum Gasteiger partial charge on any atom is 0.226 e. The largest absolute Gasteiger partial charge is 0.355 e. The molecular weight excluding hydrogens is 236 g/mol. The van der Waals surface area contributed by atoms with Gasteiger partial charge < -0.3 is 11.1 Å². The minimum Gasteiger partial charge on any atom is -0.355 e. The molecule has 0 aromatic carbocycles. The minimum absolute atomic E-state index is 0.0487. The summed E-state index contributed by atoms with van der Waals surface area (Å²) in [5.74, 6) is 1.54. The Bertz CT molecular complexity index is 297. The Morgan fingerprint density at radius 1 is 1.16 bits per heavy atom. The summed E-state index contributed by atoms with van der Waals surface area (Å²) in [6, 6.07) is 0. The molecule has 0 saturated heterocycles. The topological polar surface area (TPSA) is 55.1 Å². The van der Waals surface area contributed by atoms with Gasteiger partial charge in [-0.15, -0.1) is 0 Å². The summed E-state index contributed by atoms with van der Waals surface area (Å²) in [5.41, 5.74) is 5.81. The van der Waals surface area contributed by atoms with Crippen LogP contribution >= 0.6 is 0 Å². The van der Waals surface area contributed by atoms with Crippen molar-refractivity contribution in [2.45, 2.75) is 64.7 Å². The Hall–Kier alpha value is -0.570. The smallest absolute Gasteiger partial charge is 0.226 e. The van der Waals surface area contributed by atoms with Gasteiger partial charge in [-0.2, -0.15) is 0 Å². The third-order valence-corrected chi connectivity index (χ3v) is 5.61. The highest BCUT2D eigenvalue weighted by Gasteiger charge is 2.39. The van der Waals surface area contributed by atoms with Crippen molar-refractivity contribution in [2.75, 3.05) is 13.1 Å². The fourth-order valence-electron chi connectivity index (χ4n) is 4.07. The van der Waals surface area contributed by atoms with E-state index in [1.807, 2.05) is 0 Å². The summed E-state index contributed by atoms with van der Waals surface area (Å²) in [6.45, 7) is 3.79. The lowest BCUT2D eigenvalue weighted by Gasteiger charge is -2.33. The van der Waals surface area contributed by atoms with Gasteiger partial charge in [-0.3, -0.25) is 4.79 Å². The first kappa shape index (κ1) is 14.8. The number of nitrogens with one attached hydrogen (secondary N) is 1. The standard InChI is InChI=1S/C16H30N2O/c1-2-16(9-5-6-10-16)15(19)18-12-14-8-4-3-7-13(14)11-17/h13-14H,2-12,17H2,1H3,(H,18,19). The molecule has 0 aliphatic heterocycles. The van der Waals surface area contributed by atoms with Gasteiger partial charge in [-0.05, 0) is 50.5 Å². The maximum atomic E-state index is 12.5. The maximum absolute atomic E-state index is 12.5. The van der Waals surface area contributed by atoms with Crippen LogP contribution in [-0.2, 0) is 4.79 Å². The summed E-state index contributed by atoms with van der Waals surface area (Å²) in [4.78, 5) is 12.5. The van der Waals surface area contributed by atoms with Crippen molar-refractivity contribution >= 4 is 5.91 Å². The van der Waals surface area contributed by atoms with Crippen molar-refractivity contribution in [1.29, 1.82) is 0 Å². The van der Waals surface area contributed by atoms with Gasteiger partial charge >= 0.3 is 0 Å². The first-order valence-corrected chi connectivity index (χ1v) is 8.20. The first-order chi connectivity index (χ1) is 9.22. The number of nitrogens with two attached hydrogens (primary N) is 1. The molecular formula is C16H30N2O. The van der Waals surface area contributed by atoms with Crippen LogP contribution in [0, 0.1) is 17.3 Å². The van der Waals surface area contributed by atoms with Gasteiger partial charge in [0.2, 0.25) is 5.91 Å². The van der Waals surface area contributed by atoms with Crippen LogP contribution in [0.25, 0.3) is 0 Å². The van der Waals surface area contributed by atoms with E-state index in [9.17, 15) is 4.79 Å². The fourth-order valence-corrected chi connectivity index (χ4v) is 4.07. The molecule has 2 unspecified atom stereocenters. The van der Waals surface area contributed by atoms with Crippen molar-refractivity contribution in [2.24, 2.45) is 23.0 Å². The predicted molar refractivity (Wildman–Crippen MR) is 78.7 cm³/mol. The molecule has 0 radical (unpaired) electrons. The molecule has 3 heteroatoms. The normalized spacial score (nSPS) is 30.2. The summed E-state index contributed by atoms with van der Waals surface area (Å²) in [5, 5.41) is 3.26. The molecule has 19 heavy (non-hydrogen) atoms. The van der Waals surface area contributed by atoms with E-state index in [-0.39, 0.29) is 5.41 Å². The van der Waals surface area contributed by atoms with Gasteiger partial charge in [0.1, 0.15) is 0 Å². The van der Waals surface area contributed by atoms with Crippen LogP contribution in [0.2, 0.25) is 0 Å². The second-order valence-electron chi connectivity index (χ2n) is 6.59. The Morgan fingerprint density at radius 2 is 1.79 bits per heavy atom. The molecule has 2 rings (SSSR count). The summed E-state index contributed by atoms with van der Waals surface area (Å²) in [6.07, 6.45) is 10.7. The van der Waals surface area contributed by atoms with E-state index >= 15 is 0 Å². The summed E-state index contributed by atoms with van der Waals surface area (Å²) < 4.78 is 0. The number of hydrogen-bond donors (Lipinski definition) is 2. The van der Waals surface area contributed by atoms with Crippen LogP contribution in [-0.4, -0.2) is 19.0 Å². The molecule has 0 spiro atoms. The number of rotatable bonds is 5. The first-order valence-electron chi connectivity index (χ1n) is 8.20. The zero-order valence-corrected chi connectivity index (χ0v) is 12.4. The molecule has 110 valence electrons. The van der Waals surface area contributed by atoms with Gasteiger partial charge in [0.25, 0.3) is 0 Å². The molecule has 3 N–H and O–H groups in total. The molecule has 2 saturated carbocycles. The highest BCUT2D eigenvalue weighted by atomic mass is 16.2. The molecule has 0 aromatic rings. The van der Waals surface area contributed by atoms with E-state index in [1.165, 1.54) is 38.5 Å². The number of carbonyl (C=O) groups is 1. The van der Waals surface area contributed by atoms with Crippen LogP contribution < -0.4 is 11.1 Å². The van der Waals surface area contributed by atoms with E-state index in [0.717, 1.165) is 32.4 Å². The lowest BCUT2D eigenvalue weighted by molar-refractivity contribution is -0.131. The third kappa shape index (κ3) is 3.31. The van der Waals surface area contributed by atoms with Crippen molar-refractivity contribution in [3.63, 3.8) is 0 Å². The van der Waals surface area contributed by atoms with Crippen molar-refractivity contribution in [1.82, 2.24) is 5.32 Å². The molecule has 2 aliphatic carbocycles. The number of hydrogen-bond acceptors (Lipinski definition) is 2. The van der Waals surface area contributed by atoms with Crippen molar-refractivity contribution in [3.05, 3.63) is 0 Å². The molecule has 0 heterocycles. The predicted octanol–water partition coefficient (Wildman–Crippen LogP) is 2.84. The highest BCUT2D eigenvalue weighted by Crippen LogP contribution is 2.41. The van der Waals surface area contributed by atoms with Crippen molar-refractivity contribution in [3.8, 4) is 0 Å². The molecule has 3 nitrogen and oxygen atoms in total. The van der Waals surface area contributed by atoms with Gasteiger partial charge in [0.15, 0.2) is 0 Å². The second-order valence-corrected chi connectivity index (χ2v) is 6.59. The van der Waals surface area contributed by atoms with E-state index in [0.29, 0.717) is 17.7 Å². The second kappa shape index (κ2) is 6.74. The highest BCUT2D eigenvalue weighted by molar-refractivity contribution is 5.82. The Balaban J connectivity index is 1.85. The van der Waals surface area contributed by atoms with E-state index in [4.69, 9.17) is 5.73 Å². The fraction of sp³-hybridized carbons (Fsp3) is 0.938.